The fourth-order valence-corrected chi connectivity index (χ4v) is 5.63. The van der Waals surface area contributed by atoms with Gasteiger partial charge in [0.15, 0.2) is 8.32 Å². The summed E-state index contributed by atoms with van der Waals surface area (Å²) >= 11 is 0. The van der Waals surface area contributed by atoms with Gasteiger partial charge in [0.25, 0.3) is 10.1 Å². The molecule has 1 rings (SSSR count). The molecule has 0 aliphatic heterocycles. The number of rotatable bonds is 15. The molecule has 2 atom stereocenters. The molecule has 1 aromatic carbocycles. The van der Waals surface area contributed by atoms with Crippen LogP contribution in [0.1, 0.15) is 73.3 Å². The zero-order chi connectivity index (χ0) is 28.3. The van der Waals surface area contributed by atoms with Crippen molar-refractivity contribution in [2.24, 2.45) is 0 Å². The summed E-state index contributed by atoms with van der Waals surface area (Å²) in [7, 11) is -5.99. The minimum absolute atomic E-state index is 0.0578. The number of amides is 1. The molecular weight excluding hydrogens is 510 g/mol. The Labute approximate surface area is 226 Å². The van der Waals surface area contributed by atoms with E-state index in [1.165, 1.54) is 0 Å². The molecule has 1 aromatic rings. The summed E-state index contributed by atoms with van der Waals surface area (Å²) < 4.78 is 48.3. The van der Waals surface area contributed by atoms with E-state index in [4.69, 9.17) is 18.1 Å². The third-order valence-electron chi connectivity index (χ3n) is 6.16. The van der Waals surface area contributed by atoms with E-state index in [0.29, 0.717) is 18.6 Å². The Morgan fingerprint density at radius 2 is 1.62 bits per heavy atom. The maximum atomic E-state index is 12.6. The molecule has 0 heterocycles. The van der Waals surface area contributed by atoms with Crippen LogP contribution in [0.25, 0.3) is 0 Å². The quantitative estimate of drug-likeness (QED) is 0.159. The molecule has 0 spiro atoms. The largest absolute Gasteiger partial charge is 0.444 e. The zero-order valence-electron chi connectivity index (χ0n) is 24.3. The molecule has 1 N–H and O–H groups in total. The Morgan fingerprint density at radius 1 is 1.00 bits per heavy atom. The van der Waals surface area contributed by atoms with Crippen LogP contribution in [-0.2, 0) is 34.0 Å². The molecule has 0 saturated heterocycles. The molecule has 0 saturated carbocycles. The van der Waals surface area contributed by atoms with E-state index in [-0.39, 0.29) is 30.0 Å². The standard InChI is InChI=1S/C27H49NO7SSi/c1-10-14-23(28-25(29)34-26(2,3)4)17-18-32-19-24(35-37(8,9)27(5,6)7)20-33-36(30,31)21-22-15-12-11-13-16-22/h11-13,15-16,23-24H,10,14,17-21H2,1-9H3,(H,28,29)/t23?,24-/m0/s1. The van der Waals surface area contributed by atoms with Crippen molar-refractivity contribution in [3.63, 3.8) is 0 Å². The summed E-state index contributed by atoms with van der Waals surface area (Å²) in [5.74, 6) is -0.198. The summed E-state index contributed by atoms with van der Waals surface area (Å²) in [6.07, 6.45) is 1.34. The van der Waals surface area contributed by atoms with E-state index in [1.807, 2.05) is 26.8 Å². The molecule has 0 fully saturated rings. The first-order chi connectivity index (χ1) is 16.9. The predicted molar refractivity (Wildman–Crippen MR) is 151 cm³/mol. The molecule has 0 radical (unpaired) electrons. The van der Waals surface area contributed by atoms with Gasteiger partial charge in [0.1, 0.15) is 11.4 Å². The van der Waals surface area contributed by atoms with Gasteiger partial charge in [-0.25, -0.2) is 4.79 Å². The van der Waals surface area contributed by atoms with Gasteiger partial charge in [0.05, 0.1) is 19.3 Å². The minimum Gasteiger partial charge on any atom is -0.444 e. The molecular formula is C27H49NO7SSi. The van der Waals surface area contributed by atoms with Crippen molar-refractivity contribution in [2.75, 3.05) is 19.8 Å². The third-order valence-corrected chi connectivity index (χ3v) is 11.9. The number of hydrogen-bond acceptors (Lipinski definition) is 7. The van der Waals surface area contributed by atoms with Crippen LogP contribution in [0.2, 0.25) is 18.1 Å². The Balaban J connectivity index is 2.75. The highest BCUT2D eigenvalue weighted by atomic mass is 32.2. The highest BCUT2D eigenvalue weighted by Crippen LogP contribution is 2.37. The van der Waals surface area contributed by atoms with Crippen LogP contribution in [0.15, 0.2) is 30.3 Å². The summed E-state index contributed by atoms with van der Waals surface area (Å²) in [6, 6.07) is 8.86. The third kappa shape index (κ3) is 14.3. The molecule has 0 aromatic heterocycles. The first kappa shape index (κ1) is 33.6. The lowest BCUT2D eigenvalue weighted by Crippen LogP contribution is -2.46. The number of hydrogen-bond donors (Lipinski definition) is 1. The van der Waals surface area contributed by atoms with Gasteiger partial charge in [-0.1, -0.05) is 64.4 Å². The van der Waals surface area contributed by atoms with Crippen LogP contribution in [0.3, 0.4) is 0 Å². The summed E-state index contributed by atoms with van der Waals surface area (Å²) in [5, 5.41) is 2.86. The second kappa shape index (κ2) is 14.6. The van der Waals surface area contributed by atoms with Gasteiger partial charge in [-0.15, -0.1) is 0 Å². The van der Waals surface area contributed by atoms with Crippen molar-refractivity contribution in [1.82, 2.24) is 5.32 Å². The number of benzene rings is 1. The average Bonchev–Trinajstić information content (AvgIpc) is 2.73. The summed E-state index contributed by atoms with van der Waals surface area (Å²) in [6.45, 7) is 18.6. The van der Waals surface area contributed by atoms with Crippen LogP contribution in [0.5, 0.6) is 0 Å². The van der Waals surface area contributed by atoms with E-state index in [0.717, 1.165) is 12.8 Å². The van der Waals surface area contributed by atoms with Crippen molar-refractivity contribution >= 4 is 24.5 Å². The van der Waals surface area contributed by atoms with Gasteiger partial charge in [0.2, 0.25) is 0 Å². The van der Waals surface area contributed by atoms with Crippen molar-refractivity contribution in [3.05, 3.63) is 35.9 Å². The lowest BCUT2D eigenvalue weighted by atomic mass is 10.1. The molecule has 8 nitrogen and oxygen atoms in total. The summed E-state index contributed by atoms with van der Waals surface area (Å²) in [4.78, 5) is 12.2. The van der Waals surface area contributed by atoms with E-state index in [2.05, 4.69) is 46.1 Å². The molecule has 214 valence electrons. The fourth-order valence-electron chi connectivity index (χ4n) is 3.26. The van der Waals surface area contributed by atoms with E-state index >= 15 is 0 Å². The monoisotopic (exact) mass is 559 g/mol. The molecule has 0 aliphatic rings. The van der Waals surface area contributed by atoms with Gasteiger partial charge in [0, 0.05) is 12.6 Å². The van der Waals surface area contributed by atoms with Gasteiger partial charge in [-0.2, -0.15) is 8.42 Å². The Morgan fingerprint density at radius 3 is 2.16 bits per heavy atom. The molecule has 37 heavy (non-hydrogen) atoms. The normalized spacial score (nSPS) is 14.7. The smallest absolute Gasteiger partial charge is 0.407 e. The fraction of sp³-hybridized carbons (Fsp3) is 0.741. The number of carbonyl (C=O) groups excluding carboxylic acids is 1. The second-order valence-electron chi connectivity index (χ2n) is 12.0. The maximum Gasteiger partial charge on any atom is 0.407 e. The predicted octanol–water partition coefficient (Wildman–Crippen LogP) is 6.02. The summed E-state index contributed by atoms with van der Waals surface area (Å²) in [5.41, 5.74) is 0.104. The first-order valence-electron chi connectivity index (χ1n) is 13.1. The Bertz CT molecular complexity index is 909. The number of carbonyl (C=O) groups is 1. The second-order valence-corrected chi connectivity index (χ2v) is 18.4. The van der Waals surface area contributed by atoms with Gasteiger partial charge in [-0.05, 0) is 57.3 Å². The SMILES string of the molecule is CCCC(CCOC[C@@H](COS(=O)(=O)Cc1ccccc1)O[Si](C)(C)C(C)(C)C)NC(=O)OC(C)(C)C. The van der Waals surface area contributed by atoms with E-state index in [9.17, 15) is 13.2 Å². The van der Waals surface area contributed by atoms with Crippen LogP contribution in [0, 0.1) is 0 Å². The van der Waals surface area contributed by atoms with Crippen LogP contribution < -0.4 is 5.32 Å². The topological polar surface area (TPSA) is 100 Å². The van der Waals surface area contributed by atoms with E-state index in [1.54, 1.807) is 24.3 Å². The number of nitrogens with one attached hydrogen (secondary N) is 1. The highest BCUT2D eigenvalue weighted by molar-refractivity contribution is 7.85. The molecule has 1 unspecified atom stereocenters. The zero-order valence-corrected chi connectivity index (χ0v) is 26.1. The molecule has 0 bridgehead atoms. The van der Waals surface area contributed by atoms with E-state index < -0.39 is 36.2 Å². The number of ether oxygens (including phenoxy) is 2. The van der Waals surface area contributed by atoms with Crippen molar-refractivity contribution in [3.8, 4) is 0 Å². The van der Waals surface area contributed by atoms with Crippen molar-refractivity contribution in [1.29, 1.82) is 0 Å². The van der Waals surface area contributed by atoms with Crippen LogP contribution in [0.4, 0.5) is 4.79 Å². The lowest BCUT2D eigenvalue weighted by Gasteiger charge is -2.39. The molecule has 0 aliphatic carbocycles. The van der Waals surface area contributed by atoms with Crippen molar-refractivity contribution < 1.29 is 31.3 Å². The van der Waals surface area contributed by atoms with Gasteiger partial charge < -0.3 is 19.2 Å². The van der Waals surface area contributed by atoms with Crippen LogP contribution >= 0.6 is 0 Å². The van der Waals surface area contributed by atoms with Crippen LogP contribution in [-0.4, -0.2) is 60.4 Å². The lowest BCUT2D eigenvalue weighted by molar-refractivity contribution is 0.0157. The Hall–Kier alpha value is -1.46. The van der Waals surface area contributed by atoms with Gasteiger partial charge in [-0.3, -0.25) is 4.18 Å². The maximum absolute atomic E-state index is 12.6. The Kier molecular flexibility index (Phi) is 13.3. The van der Waals surface area contributed by atoms with Crippen molar-refractivity contribution in [2.45, 2.75) is 109 Å². The highest BCUT2D eigenvalue weighted by Gasteiger charge is 2.39. The first-order valence-corrected chi connectivity index (χ1v) is 17.6. The minimum atomic E-state index is -3.78. The average molecular weight is 560 g/mol. The molecule has 1 amide bonds. The van der Waals surface area contributed by atoms with Gasteiger partial charge >= 0.3 is 6.09 Å². The molecule has 10 heteroatoms. The number of alkyl carbamates (subject to hydrolysis) is 1.